The minimum Gasteiger partial charge on any atom is -0.481 e. The number of aryl methyl sites for hydroxylation is 1. The number of aromatic nitrogens is 3. The number of halogens is 1. The van der Waals surface area contributed by atoms with Crippen LogP contribution in [-0.4, -0.2) is 51.9 Å². The summed E-state index contributed by atoms with van der Waals surface area (Å²) in [7, 11) is -2.31. The predicted molar refractivity (Wildman–Crippen MR) is 67.8 cm³/mol. The minimum absolute atomic E-state index is 0.0186. The lowest BCUT2D eigenvalue weighted by Gasteiger charge is -2.29. The molecule has 0 spiro atoms. The van der Waals surface area contributed by atoms with Crippen LogP contribution >= 0.6 is 15.9 Å². The van der Waals surface area contributed by atoms with E-state index in [1.54, 1.807) is 0 Å². The fourth-order valence-electron chi connectivity index (χ4n) is 2.08. The standard InChI is InChI=1S/C9H13BrN4O4S/c1-13-8(7(10)11-12-13)19(17,18)14-4-2-3-6(5-14)9(15)16/h6H,2-5H2,1H3,(H,15,16)/t6-/m1/s1. The fourth-order valence-corrected chi connectivity index (χ4v) is 4.64. The Balaban J connectivity index is 2.32. The molecule has 8 nitrogen and oxygen atoms in total. The molecule has 0 amide bonds. The lowest BCUT2D eigenvalue weighted by atomic mass is 10.0. The average Bonchev–Trinajstić information content (AvgIpc) is 2.69. The van der Waals surface area contributed by atoms with E-state index in [1.165, 1.54) is 11.4 Å². The van der Waals surface area contributed by atoms with Gasteiger partial charge >= 0.3 is 5.97 Å². The fraction of sp³-hybridized carbons (Fsp3) is 0.667. The van der Waals surface area contributed by atoms with Gasteiger partial charge in [0.2, 0.25) is 5.03 Å². The molecule has 1 aromatic heterocycles. The van der Waals surface area contributed by atoms with E-state index < -0.39 is 21.9 Å². The highest BCUT2D eigenvalue weighted by atomic mass is 79.9. The molecule has 1 aliphatic rings. The molecule has 1 aromatic rings. The van der Waals surface area contributed by atoms with Crippen LogP contribution in [0.2, 0.25) is 0 Å². The van der Waals surface area contributed by atoms with Crippen LogP contribution in [0.4, 0.5) is 0 Å². The Morgan fingerprint density at radius 1 is 1.53 bits per heavy atom. The van der Waals surface area contributed by atoms with Crippen LogP contribution in [-0.2, 0) is 21.9 Å². The first kappa shape index (κ1) is 14.4. The highest BCUT2D eigenvalue weighted by molar-refractivity contribution is 9.10. The van der Waals surface area contributed by atoms with Gasteiger partial charge < -0.3 is 5.11 Å². The van der Waals surface area contributed by atoms with Gasteiger partial charge in [0.1, 0.15) is 0 Å². The summed E-state index contributed by atoms with van der Waals surface area (Å²) in [5.74, 6) is -1.63. The first-order chi connectivity index (χ1) is 8.84. The molecule has 0 aromatic carbocycles. The number of carbonyl (C=O) groups is 1. The molecule has 1 saturated heterocycles. The Morgan fingerprint density at radius 3 is 2.74 bits per heavy atom. The zero-order valence-electron chi connectivity index (χ0n) is 10.2. The summed E-state index contributed by atoms with van der Waals surface area (Å²) in [4.78, 5) is 11.0. The molecule has 106 valence electrons. The molecule has 1 fully saturated rings. The number of carboxylic acids is 1. The molecule has 0 saturated carbocycles. The summed E-state index contributed by atoms with van der Waals surface area (Å²) in [6.45, 7) is 0.291. The van der Waals surface area contributed by atoms with Gasteiger partial charge in [0, 0.05) is 20.1 Å². The highest BCUT2D eigenvalue weighted by Crippen LogP contribution is 2.26. The Kier molecular flexibility index (Phi) is 3.92. The molecule has 1 aliphatic heterocycles. The van der Waals surface area contributed by atoms with Crippen LogP contribution in [0.3, 0.4) is 0 Å². The third kappa shape index (κ3) is 2.65. The monoisotopic (exact) mass is 352 g/mol. The Labute approximate surface area is 118 Å². The van der Waals surface area contributed by atoms with Gasteiger partial charge in [0.25, 0.3) is 10.0 Å². The molecule has 1 atom stereocenters. The zero-order valence-corrected chi connectivity index (χ0v) is 12.6. The highest BCUT2D eigenvalue weighted by Gasteiger charge is 2.36. The van der Waals surface area contributed by atoms with Crippen molar-refractivity contribution in [2.24, 2.45) is 13.0 Å². The maximum atomic E-state index is 12.5. The summed E-state index contributed by atoms with van der Waals surface area (Å²) >= 11 is 3.05. The van der Waals surface area contributed by atoms with Gasteiger partial charge in [-0.05, 0) is 28.8 Å². The second-order valence-corrected chi connectivity index (χ2v) is 6.95. The van der Waals surface area contributed by atoms with Crippen molar-refractivity contribution in [3.63, 3.8) is 0 Å². The van der Waals surface area contributed by atoms with Gasteiger partial charge in [-0.25, -0.2) is 13.1 Å². The number of nitrogens with zero attached hydrogens (tertiary/aromatic N) is 4. The number of hydrogen-bond donors (Lipinski definition) is 1. The SMILES string of the molecule is Cn1nnc(Br)c1S(=O)(=O)N1CCC[C@@H](C(=O)O)C1. The molecule has 10 heteroatoms. The lowest BCUT2D eigenvalue weighted by molar-refractivity contribution is -0.142. The number of rotatable bonds is 3. The van der Waals surface area contributed by atoms with Crippen LogP contribution in [0.1, 0.15) is 12.8 Å². The van der Waals surface area contributed by atoms with E-state index in [4.69, 9.17) is 5.11 Å². The van der Waals surface area contributed by atoms with Crippen LogP contribution in [0.15, 0.2) is 9.63 Å². The van der Waals surface area contributed by atoms with Gasteiger partial charge in [-0.3, -0.25) is 4.79 Å². The normalized spacial score (nSPS) is 21.5. The van der Waals surface area contributed by atoms with Gasteiger partial charge in [-0.2, -0.15) is 4.31 Å². The van der Waals surface area contributed by atoms with Crippen LogP contribution < -0.4 is 0 Å². The van der Waals surface area contributed by atoms with Crippen LogP contribution in [0.25, 0.3) is 0 Å². The predicted octanol–water partition coefficient (Wildman–Crippen LogP) is 0.0629. The Morgan fingerprint density at radius 2 is 2.21 bits per heavy atom. The third-order valence-electron chi connectivity index (χ3n) is 3.05. The van der Waals surface area contributed by atoms with Gasteiger partial charge in [0.05, 0.1) is 5.92 Å². The van der Waals surface area contributed by atoms with Crippen molar-refractivity contribution in [1.29, 1.82) is 0 Å². The van der Waals surface area contributed by atoms with E-state index >= 15 is 0 Å². The summed E-state index contributed by atoms with van der Waals surface area (Å²) in [6, 6.07) is 0. The van der Waals surface area contributed by atoms with Crippen molar-refractivity contribution in [2.45, 2.75) is 17.9 Å². The molecule has 0 radical (unpaired) electrons. The molecule has 0 bridgehead atoms. The largest absolute Gasteiger partial charge is 0.481 e. The van der Waals surface area contributed by atoms with Crippen LogP contribution in [0.5, 0.6) is 0 Å². The smallest absolute Gasteiger partial charge is 0.307 e. The molecule has 2 rings (SSSR count). The Hall–Kier alpha value is -1.00. The van der Waals surface area contributed by atoms with E-state index in [2.05, 4.69) is 26.2 Å². The van der Waals surface area contributed by atoms with Gasteiger partial charge in [-0.15, -0.1) is 5.10 Å². The summed E-state index contributed by atoms with van der Waals surface area (Å²) in [6.07, 6.45) is 1.02. The molecular weight excluding hydrogens is 340 g/mol. The first-order valence-electron chi connectivity index (χ1n) is 5.62. The second-order valence-electron chi connectivity index (χ2n) is 4.35. The summed E-state index contributed by atoms with van der Waals surface area (Å²) < 4.78 is 27.4. The number of carboxylic acid groups (broad SMARTS) is 1. The number of sulfonamides is 1. The van der Waals surface area contributed by atoms with E-state index in [0.29, 0.717) is 19.4 Å². The van der Waals surface area contributed by atoms with E-state index in [0.717, 1.165) is 4.68 Å². The van der Waals surface area contributed by atoms with Crippen molar-refractivity contribution in [1.82, 2.24) is 19.3 Å². The average molecular weight is 353 g/mol. The summed E-state index contributed by atoms with van der Waals surface area (Å²) in [5, 5.41) is 16.2. The first-order valence-corrected chi connectivity index (χ1v) is 7.85. The molecule has 0 aliphatic carbocycles. The van der Waals surface area contributed by atoms with Crippen molar-refractivity contribution in [3.8, 4) is 0 Å². The molecule has 0 unspecified atom stereocenters. The van der Waals surface area contributed by atoms with E-state index in [1.807, 2.05) is 0 Å². The minimum atomic E-state index is -3.79. The maximum absolute atomic E-state index is 12.5. The van der Waals surface area contributed by atoms with Crippen molar-refractivity contribution < 1.29 is 18.3 Å². The second kappa shape index (κ2) is 5.17. The lowest BCUT2D eigenvalue weighted by Crippen LogP contribution is -2.42. The van der Waals surface area contributed by atoms with Crippen molar-refractivity contribution in [3.05, 3.63) is 4.60 Å². The zero-order chi connectivity index (χ0) is 14.2. The third-order valence-corrected chi connectivity index (χ3v) is 5.81. The number of hydrogen-bond acceptors (Lipinski definition) is 5. The van der Waals surface area contributed by atoms with Crippen molar-refractivity contribution in [2.75, 3.05) is 13.1 Å². The van der Waals surface area contributed by atoms with Gasteiger partial charge in [-0.1, -0.05) is 5.21 Å². The number of piperidine rings is 1. The van der Waals surface area contributed by atoms with Crippen LogP contribution in [0, 0.1) is 5.92 Å². The molecular formula is C9H13BrN4O4S. The van der Waals surface area contributed by atoms with E-state index in [-0.39, 0.29) is 16.2 Å². The Bertz CT molecular complexity index is 580. The molecule has 2 heterocycles. The molecule has 19 heavy (non-hydrogen) atoms. The van der Waals surface area contributed by atoms with E-state index in [9.17, 15) is 13.2 Å². The maximum Gasteiger partial charge on any atom is 0.307 e. The quantitative estimate of drug-likeness (QED) is 0.824. The topological polar surface area (TPSA) is 105 Å². The molecule has 1 N–H and O–H groups in total. The van der Waals surface area contributed by atoms with Gasteiger partial charge in [0.15, 0.2) is 4.60 Å². The van der Waals surface area contributed by atoms with Crippen molar-refractivity contribution >= 4 is 31.9 Å². The summed E-state index contributed by atoms with van der Waals surface area (Å²) in [5.41, 5.74) is 0. The number of aliphatic carboxylic acids is 1.